The van der Waals surface area contributed by atoms with E-state index in [-0.39, 0.29) is 16.9 Å². The first-order valence-corrected chi connectivity index (χ1v) is 11.5. The fourth-order valence-electron chi connectivity index (χ4n) is 3.73. The highest BCUT2D eigenvalue weighted by molar-refractivity contribution is 7.89. The molecule has 1 atom stereocenters. The maximum atomic E-state index is 13.6. The summed E-state index contributed by atoms with van der Waals surface area (Å²) in [5.41, 5.74) is 6.34. The highest BCUT2D eigenvalue weighted by atomic mass is 32.2. The van der Waals surface area contributed by atoms with Crippen molar-refractivity contribution in [3.05, 3.63) is 65.5 Å². The van der Waals surface area contributed by atoms with Crippen molar-refractivity contribution >= 4 is 21.8 Å². The van der Waals surface area contributed by atoms with Gasteiger partial charge in [0.1, 0.15) is 11.9 Å². The Morgan fingerprint density at radius 1 is 1.10 bits per heavy atom. The molecule has 1 aliphatic heterocycles. The second-order valence-corrected chi connectivity index (χ2v) is 9.59. The SMILES string of the molecule is CN(C(=O)Cc1ccc(S(=O)(=O)N2CCCCC2)cc1)C(C(N)=O)c1cccc(F)c1. The number of carbonyl (C=O) groups excluding carboxylic acids is 2. The van der Waals surface area contributed by atoms with Gasteiger partial charge in [-0.15, -0.1) is 0 Å². The first-order valence-electron chi connectivity index (χ1n) is 10.1. The number of nitrogens with two attached hydrogens (primary N) is 1. The molecular formula is C22H26FN3O4S. The Bertz CT molecular complexity index is 1050. The lowest BCUT2D eigenvalue weighted by Crippen LogP contribution is -2.40. The van der Waals surface area contributed by atoms with Gasteiger partial charge in [-0.25, -0.2) is 12.8 Å². The fraction of sp³-hybridized carbons (Fsp3) is 0.364. The van der Waals surface area contributed by atoms with Gasteiger partial charge in [-0.3, -0.25) is 9.59 Å². The van der Waals surface area contributed by atoms with Gasteiger partial charge in [-0.05, 0) is 48.2 Å². The third-order valence-corrected chi connectivity index (χ3v) is 7.36. The van der Waals surface area contributed by atoms with E-state index in [4.69, 9.17) is 5.73 Å². The van der Waals surface area contributed by atoms with E-state index in [1.165, 1.54) is 52.7 Å². The lowest BCUT2D eigenvalue weighted by atomic mass is 10.0. The van der Waals surface area contributed by atoms with Crippen LogP contribution in [0.1, 0.15) is 36.4 Å². The number of rotatable bonds is 7. The molecule has 0 saturated carbocycles. The lowest BCUT2D eigenvalue weighted by molar-refractivity contribution is -0.137. The molecule has 1 unspecified atom stereocenters. The number of carbonyl (C=O) groups is 2. The monoisotopic (exact) mass is 447 g/mol. The average molecular weight is 448 g/mol. The van der Waals surface area contributed by atoms with Gasteiger partial charge in [0.05, 0.1) is 11.3 Å². The van der Waals surface area contributed by atoms with Crippen LogP contribution in [0.15, 0.2) is 53.4 Å². The Hall–Kier alpha value is -2.78. The lowest BCUT2D eigenvalue weighted by Gasteiger charge is -2.26. The summed E-state index contributed by atoms with van der Waals surface area (Å²) in [5, 5.41) is 0. The quantitative estimate of drug-likeness (QED) is 0.703. The number of amides is 2. The molecule has 9 heteroatoms. The molecule has 0 aromatic heterocycles. The number of primary amides is 1. The third-order valence-electron chi connectivity index (χ3n) is 5.45. The summed E-state index contributed by atoms with van der Waals surface area (Å²) in [7, 11) is -2.12. The van der Waals surface area contributed by atoms with Crippen LogP contribution < -0.4 is 5.73 Å². The van der Waals surface area contributed by atoms with Gasteiger partial charge >= 0.3 is 0 Å². The molecule has 0 spiro atoms. The molecule has 0 bridgehead atoms. The third kappa shape index (κ3) is 5.29. The molecule has 2 N–H and O–H groups in total. The van der Waals surface area contributed by atoms with Gasteiger partial charge in [-0.1, -0.05) is 30.7 Å². The minimum atomic E-state index is -3.55. The molecule has 7 nitrogen and oxygen atoms in total. The number of nitrogens with zero attached hydrogens (tertiary/aromatic N) is 2. The van der Waals surface area contributed by atoms with Crippen LogP contribution in [0.2, 0.25) is 0 Å². The van der Waals surface area contributed by atoms with Crippen LogP contribution in [0.25, 0.3) is 0 Å². The topological polar surface area (TPSA) is 101 Å². The average Bonchev–Trinajstić information content (AvgIpc) is 2.74. The second kappa shape index (κ2) is 9.57. The number of halogens is 1. The van der Waals surface area contributed by atoms with E-state index in [0.29, 0.717) is 18.7 Å². The number of hydrogen-bond donors (Lipinski definition) is 1. The van der Waals surface area contributed by atoms with Crippen LogP contribution in [-0.4, -0.2) is 49.6 Å². The maximum Gasteiger partial charge on any atom is 0.244 e. The van der Waals surface area contributed by atoms with Crippen molar-refractivity contribution in [2.75, 3.05) is 20.1 Å². The summed E-state index contributed by atoms with van der Waals surface area (Å²) in [6.07, 6.45) is 2.68. The molecule has 2 aromatic carbocycles. The van der Waals surface area contributed by atoms with Crippen molar-refractivity contribution in [2.45, 2.75) is 36.6 Å². The minimum Gasteiger partial charge on any atom is -0.368 e. The van der Waals surface area contributed by atoms with Crippen LogP contribution in [0.5, 0.6) is 0 Å². The number of sulfonamides is 1. The van der Waals surface area contributed by atoms with Gasteiger partial charge in [0.2, 0.25) is 21.8 Å². The molecule has 0 aliphatic carbocycles. The summed E-state index contributed by atoms with van der Waals surface area (Å²) in [6.45, 7) is 1.03. The van der Waals surface area contributed by atoms with Crippen LogP contribution in [0.3, 0.4) is 0 Å². The van der Waals surface area contributed by atoms with Crippen LogP contribution in [-0.2, 0) is 26.0 Å². The van der Waals surface area contributed by atoms with Crippen molar-refractivity contribution in [1.29, 1.82) is 0 Å². The zero-order chi connectivity index (χ0) is 22.6. The standard InChI is InChI=1S/C22H26FN3O4S/c1-25(21(22(24)28)17-6-5-7-18(23)15-17)20(27)14-16-8-10-19(11-9-16)31(29,30)26-12-3-2-4-13-26/h5-11,15,21H,2-4,12-14H2,1H3,(H2,24,28). The highest BCUT2D eigenvalue weighted by Gasteiger charge is 2.28. The Balaban J connectivity index is 1.73. The number of benzene rings is 2. The van der Waals surface area contributed by atoms with Crippen molar-refractivity contribution in [1.82, 2.24) is 9.21 Å². The summed E-state index contributed by atoms with van der Waals surface area (Å²) in [5.74, 6) is -1.71. The van der Waals surface area contributed by atoms with Crippen molar-refractivity contribution in [2.24, 2.45) is 5.73 Å². The highest BCUT2D eigenvalue weighted by Crippen LogP contribution is 2.23. The van der Waals surface area contributed by atoms with Gasteiger partial charge in [-0.2, -0.15) is 4.31 Å². The van der Waals surface area contributed by atoms with E-state index in [9.17, 15) is 22.4 Å². The Kier molecular flexibility index (Phi) is 7.07. The normalized spacial score (nSPS) is 15.9. The molecule has 1 fully saturated rings. The van der Waals surface area contributed by atoms with E-state index in [0.717, 1.165) is 19.3 Å². The van der Waals surface area contributed by atoms with E-state index in [1.54, 1.807) is 12.1 Å². The van der Waals surface area contributed by atoms with E-state index in [1.807, 2.05) is 0 Å². The van der Waals surface area contributed by atoms with Gasteiger partial charge in [0, 0.05) is 20.1 Å². The molecule has 2 amide bonds. The summed E-state index contributed by atoms with van der Waals surface area (Å²) in [4.78, 5) is 26.1. The maximum absolute atomic E-state index is 13.6. The van der Waals surface area contributed by atoms with Gasteiger partial charge in [0.15, 0.2) is 0 Å². The van der Waals surface area contributed by atoms with Crippen LogP contribution in [0.4, 0.5) is 4.39 Å². The number of likely N-dealkylation sites (N-methyl/N-ethyl adjacent to an activating group) is 1. The predicted octanol–water partition coefficient (Wildman–Crippen LogP) is 2.23. The first kappa shape index (κ1) is 22.9. The van der Waals surface area contributed by atoms with E-state index in [2.05, 4.69) is 0 Å². The van der Waals surface area contributed by atoms with Gasteiger partial charge in [0.25, 0.3) is 0 Å². The Morgan fingerprint density at radius 3 is 2.32 bits per heavy atom. The molecule has 31 heavy (non-hydrogen) atoms. The molecule has 0 radical (unpaired) electrons. The Labute approximate surface area is 181 Å². The number of hydrogen-bond acceptors (Lipinski definition) is 4. The zero-order valence-corrected chi connectivity index (χ0v) is 18.1. The van der Waals surface area contributed by atoms with Crippen LogP contribution in [0, 0.1) is 5.82 Å². The smallest absolute Gasteiger partial charge is 0.244 e. The van der Waals surface area contributed by atoms with E-state index < -0.39 is 33.7 Å². The summed E-state index contributed by atoms with van der Waals surface area (Å²) < 4.78 is 40.5. The molecule has 3 rings (SSSR count). The second-order valence-electron chi connectivity index (χ2n) is 7.65. The largest absolute Gasteiger partial charge is 0.368 e. The molecule has 2 aromatic rings. The van der Waals surface area contributed by atoms with E-state index >= 15 is 0 Å². The molecular weight excluding hydrogens is 421 g/mol. The van der Waals surface area contributed by atoms with Crippen molar-refractivity contribution in [3.63, 3.8) is 0 Å². The predicted molar refractivity (Wildman–Crippen MR) is 114 cm³/mol. The van der Waals surface area contributed by atoms with Gasteiger partial charge < -0.3 is 10.6 Å². The molecule has 1 saturated heterocycles. The van der Waals surface area contributed by atoms with Crippen molar-refractivity contribution < 1.29 is 22.4 Å². The molecule has 1 heterocycles. The summed E-state index contributed by atoms with van der Waals surface area (Å²) >= 11 is 0. The Morgan fingerprint density at radius 2 is 1.74 bits per heavy atom. The van der Waals surface area contributed by atoms with Crippen LogP contribution >= 0.6 is 0 Å². The molecule has 166 valence electrons. The minimum absolute atomic E-state index is 0.0559. The molecule has 1 aliphatic rings. The fourth-order valence-corrected chi connectivity index (χ4v) is 5.25. The zero-order valence-electron chi connectivity index (χ0n) is 17.3. The summed E-state index contributed by atoms with van der Waals surface area (Å²) in [6, 6.07) is 10.4. The number of piperidine rings is 1. The first-order chi connectivity index (χ1) is 14.7. The van der Waals surface area contributed by atoms with Crippen molar-refractivity contribution in [3.8, 4) is 0 Å².